The molecule has 0 aliphatic carbocycles. The minimum atomic E-state index is -0.710. The molecule has 0 bridgehead atoms. The molecule has 21 heavy (non-hydrogen) atoms. The largest absolute Gasteiger partial charge is 0.493 e. The maximum atomic E-state index is 11.2. The lowest BCUT2D eigenvalue weighted by Gasteiger charge is -2.17. The highest BCUT2D eigenvalue weighted by Crippen LogP contribution is 2.41. The van der Waals surface area contributed by atoms with Crippen LogP contribution in [0.1, 0.15) is 23.1 Å². The van der Waals surface area contributed by atoms with Crippen molar-refractivity contribution in [3.05, 3.63) is 64.1 Å². The van der Waals surface area contributed by atoms with Crippen molar-refractivity contribution >= 4 is 11.1 Å². The Balaban J connectivity index is 1.73. The smallest absolute Gasteiger partial charge is 0.417 e. The number of H-pyrrole nitrogens is 1. The van der Waals surface area contributed by atoms with E-state index in [2.05, 4.69) is 4.98 Å². The molecule has 2 aromatic carbocycles. The highest BCUT2D eigenvalue weighted by atomic mass is 16.5. The number of rotatable bonds is 2. The zero-order valence-electron chi connectivity index (χ0n) is 11.1. The van der Waals surface area contributed by atoms with E-state index in [1.54, 1.807) is 18.2 Å². The van der Waals surface area contributed by atoms with Crippen LogP contribution in [-0.2, 0) is 0 Å². The van der Waals surface area contributed by atoms with E-state index in [1.807, 2.05) is 24.3 Å². The molecular formula is C16H13NO4. The van der Waals surface area contributed by atoms with Crippen LogP contribution in [0.15, 0.2) is 51.7 Å². The summed E-state index contributed by atoms with van der Waals surface area (Å²) in [6.07, 6.45) is -0.710. The lowest BCUT2D eigenvalue weighted by molar-refractivity contribution is 0.130. The van der Waals surface area contributed by atoms with Gasteiger partial charge in [-0.3, -0.25) is 4.98 Å². The van der Waals surface area contributed by atoms with Crippen LogP contribution in [0.2, 0.25) is 0 Å². The van der Waals surface area contributed by atoms with Crippen molar-refractivity contribution in [3.63, 3.8) is 0 Å². The Morgan fingerprint density at radius 3 is 3.00 bits per heavy atom. The van der Waals surface area contributed by atoms with E-state index in [4.69, 9.17) is 9.15 Å². The fourth-order valence-electron chi connectivity index (χ4n) is 2.83. The number of aromatic amines is 1. The molecule has 0 saturated carbocycles. The van der Waals surface area contributed by atoms with E-state index in [-0.39, 0.29) is 5.92 Å². The molecule has 106 valence electrons. The van der Waals surface area contributed by atoms with Crippen molar-refractivity contribution in [2.45, 2.75) is 12.0 Å². The van der Waals surface area contributed by atoms with Crippen molar-refractivity contribution < 1.29 is 14.3 Å². The zero-order chi connectivity index (χ0) is 14.4. The SMILES string of the molecule is O=c1[nH]c2ccc(C(O)C3COc4ccccc43)cc2o1. The van der Waals surface area contributed by atoms with Gasteiger partial charge in [-0.2, -0.15) is 0 Å². The van der Waals surface area contributed by atoms with Crippen molar-refractivity contribution in [1.82, 2.24) is 4.98 Å². The Morgan fingerprint density at radius 2 is 2.10 bits per heavy atom. The van der Waals surface area contributed by atoms with Crippen LogP contribution < -0.4 is 10.5 Å². The molecule has 0 fully saturated rings. The molecule has 2 atom stereocenters. The highest BCUT2D eigenvalue weighted by molar-refractivity contribution is 5.73. The lowest BCUT2D eigenvalue weighted by Crippen LogP contribution is -2.12. The first-order chi connectivity index (χ1) is 10.2. The van der Waals surface area contributed by atoms with Gasteiger partial charge in [0.25, 0.3) is 0 Å². The van der Waals surface area contributed by atoms with Gasteiger partial charge in [0.15, 0.2) is 5.58 Å². The average molecular weight is 283 g/mol. The Bertz CT molecular complexity index is 864. The minimum Gasteiger partial charge on any atom is -0.493 e. The Morgan fingerprint density at radius 1 is 1.24 bits per heavy atom. The van der Waals surface area contributed by atoms with Crippen LogP contribution in [0.3, 0.4) is 0 Å². The zero-order valence-corrected chi connectivity index (χ0v) is 11.1. The number of benzene rings is 2. The molecule has 0 amide bonds. The van der Waals surface area contributed by atoms with Gasteiger partial charge in [-0.25, -0.2) is 4.79 Å². The molecule has 0 spiro atoms. The molecule has 2 unspecified atom stereocenters. The number of ether oxygens (including phenoxy) is 1. The van der Waals surface area contributed by atoms with Crippen molar-refractivity contribution in [2.75, 3.05) is 6.61 Å². The van der Waals surface area contributed by atoms with Crippen LogP contribution in [0, 0.1) is 0 Å². The molecule has 1 aliphatic heterocycles. The normalized spacial score (nSPS) is 18.4. The lowest BCUT2D eigenvalue weighted by atomic mass is 9.91. The minimum absolute atomic E-state index is 0.121. The number of hydrogen-bond acceptors (Lipinski definition) is 4. The van der Waals surface area contributed by atoms with Crippen LogP contribution in [0.25, 0.3) is 11.1 Å². The van der Waals surface area contributed by atoms with Crippen LogP contribution in [0.4, 0.5) is 0 Å². The maximum Gasteiger partial charge on any atom is 0.417 e. The van der Waals surface area contributed by atoms with Crippen molar-refractivity contribution in [2.24, 2.45) is 0 Å². The molecule has 1 aliphatic rings. The summed E-state index contributed by atoms with van der Waals surface area (Å²) < 4.78 is 10.6. The Labute approximate surface area is 119 Å². The second-order valence-corrected chi connectivity index (χ2v) is 5.17. The molecule has 3 aromatic rings. The van der Waals surface area contributed by atoms with E-state index >= 15 is 0 Å². The number of aromatic nitrogens is 1. The molecule has 2 heterocycles. The molecule has 4 rings (SSSR count). The predicted octanol–water partition coefficient (Wildman–Crippen LogP) is 2.33. The van der Waals surface area contributed by atoms with Gasteiger partial charge in [0.2, 0.25) is 0 Å². The van der Waals surface area contributed by atoms with Crippen LogP contribution >= 0.6 is 0 Å². The number of aliphatic hydroxyl groups excluding tert-OH is 1. The van der Waals surface area contributed by atoms with Gasteiger partial charge in [0.1, 0.15) is 5.75 Å². The molecule has 1 aromatic heterocycles. The summed E-state index contributed by atoms with van der Waals surface area (Å²) in [5.74, 6) is 0.200. The first kappa shape index (κ1) is 12.2. The third-order valence-corrected chi connectivity index (χ3v) is 3.90. The number of oxazole rings is 1. The second-order valence-electron chi connectivity index (χ2n) is 5.17. The fourth-order valence-corrected chi connectivity index (χ4v) is 2.83. The average Bonchev–Trinajstić information content (AvgIpc) is 3.07. The molecule has 2 N–H and O–H groups in total. The quantitative estimate of drug-likeness (QED) is 0.757. The summed E-state index contributed by atoms with van der Waals surface area (Å²) in [6.45, 7) is 0.440. The Hall–Kier alpha value is -2.53. The van der Waals surface area contributed by atoms with Crippen LogP contribution in [0.5, 0.6) is 5.75 Å². The third-order valence-electron chi connectivity index (χ3n) is 3.90. The molecular weight excluding hydrogens is 270 g/mol. The first-order valence-corrected chi connectivity index (χ1v) is 6.75. The van der Waals surface area contributed by atoms with E-state index in [0.717, 1.165) is 11.3 Å². The van der Waals surface area contributed by atoms with E-state index in [9.17, 15) is 9.90 Å². The molecule has 0 saturated heterocycles. The van der Waals surface area contributed by atoms with Gasteiger partial charge in [-0.05, 0) is 23.8 Å². The predicted molar refractivity (Wildman–Crippen MR) is 76.5 cm³/mol. The van der Waals surface area contributed by atoms with Gasteiger partial charge in [0.05, 0.1) is 24.1 Å². The van der Waals surface area contributed by atoms with Crippen LogP contribution in [-0.4, -0.2) is 16.7 Å². The summed E-state index contributed by atoms with van der Waals surface area (Å²) in [4.78, 5) is 13.8. The highest BCUT2D eigenvalue weighted by Gasteiger charge is 2.31. The van der Waals surface area contributed by atoms with E-state index in [1.165, 1.54) is 0 Å². The van der Waals surface area contributed by atoms with Gasteiger partial charge < -0.3 is 14.3 Å². The third kappa shape index (κ3) is 1.94. The van der Waals surface area contributed by atoms with Gasteiger partial charge in [-0.1, -0.05) is 24.3 Å². The number of aliphatic hydroxyl groups is 1. The summed E-state index contributed by atoms with van der Waals surface area (Å²) >= 11 is 0. The Kier molecular flexibility index (Phi) is 2.62. The van der Waals surface area contributed by atoms with Gasteiger partial charge in [0, 0.05) is 5.56 Å². The number of para-hydroxylation sites is 1. The number of fused-ring (bicyclic) bond motifs is 2. The van der Waals surface area contributed by atoms with Crippen molar-refractivity contribution in [1.29, 1.82) is 0 Å². The maximum absolute atomic E-state index is 11.2. The standard InChI is InChI=1S/C16H13NO4/c18-15(11-8-20-13-4-2-1-3-10(11)13)9-5-6-12-14(7-9)21-16(19)17-12/h1-7,11,15,18H,8H2,(H,17,19). The monoisotopic (exact) mass is 283 g/mol. The first-order valence-electron chi connectivity index (χ1n) is 6.75. The summed E-state index contributed by atoms with van der Waals surface area (Å²) in [5, 5.41) is 10.6. The number of hydrogen-bond donors (Lipinski definition) is 2. The van der Waals surface area contributed by atoms with Crippen molar-refractivity contribution in [3.8, 4) is 5.75 Å². The summed E-state index contributed by atoms with van der Waals surface area (Å²) in [5.41, 5.74) is 2.78. The molecule has 5 heteroatoms. The van der Waals surface area contributed by atoms with Gasteiger partial charge in [-0.15, -0.1) is 0 Å². The fraction of sp³-hybridized carbons (Fsp3) is 0.188. The molecule has 0 radical (unpaired) electrons. The second kappa shape index (κ2) is 4.49. The number of nitrogens with one attached hydrogen (secondary N) is 1. The summed E-state index contributed by atoms with van der Waals surface area (Å²) in [6, 6.07) is 12.9. The summed E-state index contributed by atoms with van der Waals surface area (Å²) in [7, 11) is 0. The van der Waals surface area contributed by atoms with Gasteiger partial charge >= 0.3 is 5.76 Å². The van der Waals surface area contributed by atoms with E-state index < -0.39 is 11.9 Å². The topological polar surface area (TPSA) is 75.5 Å². The van der Waals surface area contributed by atoms with E-state index in [0.29, 0.717) is 23.3 Å². The molecule has 5 nitrogen and oxygen atoms in total.